The number of nitrogens with one attached hydrogen (secondary N) is 3. The number of carbonyl (C=O) groups is 1. The van der Waals surface area contributed by atoms with Crippen LogP contribution in [0.3, 0.4) is 0 Å². The molecule has 0 bridgehead atoms. The summed E-state index contributed by atoms with van der Waals surface area (Å²) in [5.41, 5.74) is 9.85. The minimum Gasteiger partial charge on any atom is -0.352 e. The van der Waals surface area contributed by atoms with Crippen LogP contribution in [0.2, 0.25) is 0 Å². The molecule has 8 nitrogen and oxygen atoms in total. The molecule has 2 saturated heterocycles. The monoisotopic (exact) mass is 451 g/mol. The minimum atomic E-state index is -0.154. The van der Waals surface area contributed by atoms with Gasteiger partial charge in [0, 0.05) is 55.2 Å². The van der Waals surface area contributed by atoms with Gasteiger partial charge in [-0.3, -0.25) is 15.2 Å². The van der Waals surface area contributed by atoms with E-state index in [-0.39, 0.29) is 29.3 Å². The van der Waals surface area contributed by atoms with E-state index in [1.165, 1.54) is 0 Å². The van der Waals surface area contributed by atoms with Gasteiger partial charge in [0.15, 0.2) is 0 Å². The SMILES string of the molecule is CC(C)Nc1ncc(-c2ccncc2)c(C2CCN(C(=O)C3CC(C(C)(C)C)NN3)CC2)n1. The second-order valence-electron chi connectivity index (χ2n) is 10.6. The molecule has 0 radical (unpaired) electrons. The molecule has 33 heavy (non-hydrogen) atoms. The van der Waals surface area contributed by atoms with E-state index in [2.05, 4.69) is 60.8 Å². The first-order valence-corrected chi connectivity index (χ1v) is 12.1. The molecule has 2 atom stereocenters. The molecule has 2 aromatic heterocycles. The number of pyridine rings is 1. The number of likely N-dealkylation sites (tertiary alicyclic amines) is 1. The number of nitrogens with zero attached hydrogens (tertiary/aromatic N) is 4. The summed E-state index contributed by atoms with van der Waals surface area (Å²) in [6, 6.07) is 4.40. The van der Waals surface area contributed by atoms with Crippen LogP contribution in [0.5, 0.6) is 0 Å². The van der Waals surface area contributed by atoms with Crippen LogP contribution >= 0.6 is 0 Å². The first-order chi connectivity index (χ1) is 15.7. The van der Waals surface area contributed by atoms with Gasteiger partial charge in [-0.05, 0) is 56.2 Å². The molecule has 3 N–H and O–H groups in total. The summed E-state index contributed by atoms with van der Waals surface area (Å²) in [5, 5.41) is 3.33. The number of amides is 1. The van der Waals surface area contributed by atoms with Crippen LogP contribution in [0.4, 0.5) is 5.95 Å². The maximum atomic E-state index is 13.2. The lowest BCUT2D eigenvalue weighted by Gasteiger charge is -2.34. The molecular formula is C25H37N7O. The Morgan fingerprint density at radius 2 is 1.85 bits per heavy atom. The molecular weight excluding hydrogens is 414 g/mol. The molecule has 178 valence electrons. The van der Waals surface area contributed by atoms with Gasteiger partial charge in [0.05, 0.1) is 5.69 Å². The molecule has 8 heteroatoms. The number of anilines is 1. The second-order valence-corrected chi connectivity index (χ2v) is 10.6. The quantitative estimate of drug-likeness (QED) is 0.642. The predicted octanol–water partition coefficient (Wildman–Crippen LogP) is 3.35. The maximum Gasteiger partial charge on any atom is 0.241 e. The van der Waals surface area contributed by atoms with E-state index in [0.717, 1.165) is 49.2 Å². The van der Waals surface area contributed by atoms with Crippen molar-refractivity contribution >= 4 is 11.9 Å². The highest BCUT2D eigenvalue weighted by molar-refractivity contribution is 5.82. The van der Waals surface area contributed by atoms with Crippen molar-refractivity contribution in [3.05, 3.63) is 36.4 Å². The molecule has 4 heterocycles. The van der Waals surface area contributed by atoms with Crippen molar-refractivity contribution in [3.63, 3.8) is 0 Å². The van der Waals surface area contributed by atoms with Gasteiger partial charge in [0.2, 0.25) is 11.9 Å². The normalized spacial score (nSPS) is 22.1. The van der Waals surface area contributed by atoms with E-state index in [1.54, 1.807) is 12.4 Å². The van der Waals surface area contributed by atoms with E-state index in [0.29, 0.717) is 12.0 Å². The summed E-state index contributed by atoms with van der Waals surface area (Å²) in [6.07, 6.45) is 8.13. The van der Waals surface area contributed by atoms with Crippen LogP contribution in [0.15, 0.2) is 30.7 Å². The molecule has 1 amide bonds. The summed E-state index contributed by atoms with van der Waals surface area (Å²) in [4.78, 5) is 28.8. The Kier molecular flexibility index (Phi) is 6.95. The zero-order chi connectivity index (χ0) is 23.6. The van der Waals surface area contributed by atoms with E-state index in [9.17, 15) is 4.79 Å². The van der Waals surface area contributed by atoms with E-state index in [4.69, 9.17) is 4.98 Å². The van der Waals surface area contributed by atoms with Gasteiger partial charge < -0.3 is 10.2 Å². The van der Waals surface area contributed by atoms with Crippen molar-refractivity contribution in [2.75, 3.05) is 18.4 Å². The summed E-state index contributed by atoms with van der Waals surface area (Å²) >= 11 is 0. The molecule has 4 rings (SSSR count). The fraction of sp³-hybridized carbons (Fsp3) is 0.600. The molecule has 2 unspecified atom stereocenters. The van der Waals surface area contributed by atoms with Crippen LogP contribution in [0, 0.1) is 5.41 Å². The number of piperidine rings is 1. The van der Waals surface area contributed by atoms with Gasteiger partial charge in [-0.2, -0.15) is 0 Å². The van der Waals surface area contributed by atoms with Gasteiger partial charge in [-0.25, -0.2) is 15.4 Å². The average Bonchev–Trinajstić information content (AvgIpc) is 3.30. The van der Waals surface area contributed by atoms with Crippen molar-refractivity contribution in [2.24, 2.45) is 5.41 Å². The number of aromatic nitrogens is 3. The first kappa shape index (κ1) is 23.6. The Morgan fingerprint density at radius 1 is 1.15 bits per heavy atom. The Morgan fingerprint density at radius 3 is 2.45 bits per heavy atom. The third-order valence-electron chi connectivity index (χ3n) is 6.67. The molecule has 2 fully saturated rings. The molecule has 2 aliphatic heterocycles. The highest BCUT2D eigenvalue weighted by atomic mass is 16.2. The molecule has 0 saturated carbocycles. The number of hydrogen-bond acceptors (Lipinski definition) is 7. The molecule has 0 spiro atoms. The average molecular weight is 452 g/mol. The van der Waals surface area contributed by atoms with Crippen molar-refractivity contribution in [1.29, 1.82) is 0 Å². The largest absolute Gasteiger partial charge is 0.352 e. The van der Waals surface area contributed by atoms with Gasteiger partial charge in [-0.15, -0.1) is 0 Å². The van der Waals surface area contributed by atoms with Crippen LogP contribution in [0.1, 0.15) is 65.5 Å². The Balaban J connectivity index is 1.47. The van der Waals surface area contributed by atoms with Gasteiger partial charge in [0.25, 0.3) is 0 Å². The highest BCUT2D eigenvalue weighted by Gasteiger charge is 2.38. The third kappa shape index (κ3) is 5.50. The van der Waals surface area contributed by atoms with Gasteiger partial charge in [-0.1, -0.05) is 20.8 Å². The van der Waals surface area contributed by atoms with Crippen LogP contribution in [0.25, 0.3) is 11.1 Å². The maximum absolute atomic E-state index is 13.2. The first-order valence-electron chi connectivity index (χ1n) is 12.1. The summed E-state index contributed by atoms with van der Waals surface area (Å²) in [6.45, 7) is 12.3. The minimum absolute atomic E-state index is 0.118. The standard InChI is InChI=1S/C25H37N7O/c1-16(2)28-24-27-15-19(17-6-10-26-11-7-17)22(29-24)18-8-12-32(13-9-18)23(33)20-14-21(31-30-20)25(3,4)5/h6-7,10-11,15-16,18,20-21,30-31H,8-9,12-14H2,1-5H3,(H,27,28,29). The van der Waals surface area contributed by atoms with Crippen molar-refractivity contribution < 1.29 is 4.79 Å². The smallest absolute Gasteiger partial charge is 0.241 e. The highest BCUT2D eigenvalue weighted by Crippen LogP contribution is 2.35. The summed E-state index contributed by atoms with van der Waals surface area (Å²) in [5.74, 6) is 1.14. The number of carbonyl (C=O) groups excluding carboxylic acids is 1. The molecule has 2 aromatic rings. The Hall–Kier alpha value is -2.58. The number of rotatable bonds is 5. The zero-order valence-corrected chi connectivity index (χ0v) is 20.4. The lowest BCUT2D eigenvalue weighted by Crippen LogP contribution is -2.48. The van der Waals surface area contributed by atoms with E-state index in [1.807, 2.05) is 23.2 Å². The third-order valence-corrected chi connectivity index (χ3v) is 6.67. The lowest BCUT2D eigenvalue weighted by atomic mass is 9.84. The van der Waals surface area contributed by atoms with Crippen molar-refractivity contribution in [1.82, 2.24) is 30.7 Å². The number of hydrazine groups is 1. The lowest BCUT2D eigenvalue weighted by molar-refractivity contribution is -0.134. The topological polar surface area (TPSA) is 95.1 Å². The zero-order valence-electron chi connectivity index (χ0n) is 20.4. The van der Waals surface area contributed by atoms with Gasteiger partial charge >= 0.3 is 0 Å². The molecule has 2 aliphatic rings. The Bertz CT molecular complexity index is 949. The number of hydrogen-bond donors (Lipinski definition) is 3. The summed E-state index contributed by atoms with van der Waals surface area (Å²) in [7, 11) is 0. The summed E-state index contributed by atoms with van der Waals surface area (Å²) < 4.78 is 0. The van der Waals surface area contributed by atoms with Crippen LogP contribution in [-0.2, 0) is 4.79 Å². The van der Waals surface area contributed by atoms with Crippen molar-refractivity contribution in [2.45, 2.75) is 77.9 Å². The van der Waals surface area contributed by atoms with Crippen LogP contribution in [-0.4, -0.2) is 57.0 Å². The molecule has 0 aromatic carbocycles. The van der Waals surface area contributed by atoms with E-state index < -0.39 is 0 Å². The predicted molar refractivity (Wildman–Crippen MR) is 130 cm³/mol. The van der Waals surface area contributed by atoms with Crippen molar-refractivity contribution in [3.8, 4) is 11.1 Å². The fourth-order valence-corrected chi connectivity index (χ4v) is 4.67. The van der Waals surface area contributed by atoms with Gasteiger partial charge in [0.1, 0.15) is 6.04 Å². The molecule has 0 aliphatic carbocycles. The fourth-order valence-electron chi connectivity index (χ4n) is 4.67. The second kappa shape index (κ2) is 9.73. The van der Waals surface area contributed by atoms with Crippen LogP contribution < -0.4 is 16.2 Å². The Labute approximate surface area is 197 Å². The van der Waals surface area contributed by atoms with E-state index >= 15 is 0 Å².